The lowest BCUT2D eigenvalue weighted by molar-refractivity contribution is 0.143. The van der Waals surface area contributed by atoms with Crippen LogP contribution in [0.2, 0.25) is 0 Å². The topological polar surface area (TPSA) is 3.24 Å². The van der Waals surface area contributed by atoms with Gasteiger partial charge in [-0.3, -0.25) is 4.90 Å². The van der Waals surface area contributed by atoms with Crippen molar-refractivity contribution < 1.29 is 0 Å². The molecule has 2 aromatic rings. The van der Waals surface area contributed by atoms with Crippen LogP contribution in [0.4, 0.5) is 0 Å². The maximum absolute atomic E-state index is 4.17. The number of allylic oxidation sites excluding steroid dienone is 5. The van der Waals surface area contributed by atoms with Crippen LogP contribution in [0.15, 0.2) is 103 Å². The Hall–Kier alpha value is -2.90. The highest BCUT2D eigenvalue weighted by atomic mass is 15.2. The predicted octanol–water partition coefficient (Wildman–Crippen LogP) is 9.31. The van der Waals surface area contributed by atoms with Gasteiger partial charge in [0.05, 0.1) is 0 Å². The Labute approximate surface area is 226 Å². The smallest absolute Gasteiger partial charge is 0.0285 e. The van der Waals surface area contributed by atoms with Crippen LogP contribution in [0.5, 0.6) is 0 Å². The molecule has 2 aliphatic rings. The van der Waals surface area contributed by atoms with Gasteiger partial charge in [0.25, 0.3) is 0 Å². The lowest BCUT2D eigenvalue weighted by Gasteiger charge is -2.52. The van der Waals surface area contributed by atoms with Crippen LogP contribution < -0.4 is 0 Å². The molecule has 0 aromatic heterocycles. The first-order valence-corrected chi connectivity index (χ1v) is 13.8. The summed E-state index contributed by atoms with van der Waals surface area (Å²) in [5, 5.41) is 0. The molecule has 0 bridgehead atoms. The van der Waals surface area contributed by atoms with Crippen LogP contribution in [0, 0.1) is 10.8 Å². The Morgan fingerprint density at radius 1 is 1.00 bits per heavy atom. The van der Waals surface area contributed by atoms with E-state index in [2.05, 4.69) is 132 Å². The van der Waals surface area contributed by atoms with Crippen molar-refractivity contribution in [2.45, 2.75) is 66.8 Å². The second kappa shape index (κ2) is 10.8. The van der Waals surface area contributed by atoms with Crippen molar-refractivity contribution in [2.75, 3.05) is 13.1 Å². The van der Waals surface area contributed by atoms with Crippen LogP contribution >= 0.6 is 0 Å². The number of hydrogen-bond acceptors (Lipinski definition) is 1. The van der Waals surface area contributed by atoms with E-state index in [4.69, 9.17) is 0 Å². The molecule has 0 saturated heterocycles. The van der Waals surface area contributed by atoms with E-state index < -0.39 is 0 Å². The Bertz CT molecular complexity index is 1240. The minimum absolute atomic E-state index is 0.0138. The van der Waals surface area contributed by atoms with Gasteiger partial charge in [-0.25, -0.2) is 0 Å². The van der Waals surface area contributed by atoms with Gasteiger partial charge in [-0.15, -0.1) is 0 Å². The number of benzene rings is 2. The molecule has 4 rings (SSSR count). The summed E-state index contributed by atoms with van der Waals surface area (Å²) in [4.78, 5) is 2.67. The number of hydrogen-bond donors (Lipinski definition) is 0. The van der Waals surface area contributed by atoms with Gasteiger partial charge >= 0.3 is 0 Å². The molecule has 1 aliphatic heterocycles. The van der Waals surface area contributed by atoms with E-state index in [-0.39, 0.29) is 10.8 Å². The first kappa shape index (κ1) is 27.1. The summed E-state index contributed by atoms with van der Waals surface area (Å²) < 4.78 is 0. The molecule has 0 spiro atoms. The van der Waals surface area contributed by atoms with E-state index in [1.165, 1.54) is 33.4 Å². The third-order valence-electron chi connectivity index (χ3n) is 8.98. The van der Waals surface area contributed by atoms with E-state index >= 15 is 0 Å². The summed E-state index contributed by atoms with van der Waals surface area (Å²) in [6.45, 7) is 24.4. The van der Waals surface area contributed by atoms with E-state index in [1.54, 1.807) is 5.57 Å². The maximum Gasteiger partial charge on any atom is 0.0285 e. The lowest BCUT2D eigenvalue weighted by atomic mass is 9.58. The largest absolute Gasteiger partial charge is 0.292 e. The number of rotatable bonds is 8. The molecule has 2 aromatic carbocycles. The van der Waals surface area contributed by atoms with Crippen LogP contribution in [0.3, 0.4) is 0 Å². The molecule has 194 valence electrons. The highest BCUT2D eigenvalue weighted by Crippen LogP contribution is 2.55. The summed E-state index contributed by atoms with van der Waals surface area (Å²) in [6, 6.07) is 20.2. The molecule has 1 nitrogen and oxygen atoms in total. The summed E-state index contributed by atoms with van der Waals surface area (Å²) >= 11 is 0. The average molecular weight is 492 g/mol. The van der Waals surface area contributed by atoms with E-state index in [0.717, 1.165) is 37.9 Å². The van der Waals surface area contributed by atoms with E-state index in [9.17, 15) is 0 Å². The Kier molecular flexibility index (Phi) is 7.95. The third-order valence-corrected chi connectivity index (χ3v) is 8.98. The highest BCUT2D eigenvalue weighted by molar-refractivity contribution is 5.76. The predicted molar refractivity (Wildman–Crippen MR) is 162 cm³/mol. The average Bonchev–Trinajstić information content (AvgIpc) is 2.88. The zero-order chi connectivity index (χ0) is 26.8. The first-order chi connectivity index (χ1) is 17.6. The Balaban J connectivity index is 1.53. The number of nitrogens with zero attached hydrogens (tertiary/aromatic N) is 1. The van der Waals surface area contributed by atoms with Crippen LogP contribution in [0.1, 0.15) is 71.1 Å². The molecule has 0 N–H and O–H groups in total. The van der Waals surface area contributed by atoms with Gasteiger partial charge in [-0.1, -0.05) is 123 Å². The lowest BCUT2D eigenvalue weighted by Crippen LogP contribution is -2.49. The number of fused-ring (bicyclic) bond motifs is 1. The zero-order valence-corrected chi connectivity index (χ0v) is 23.9. The summed E-state index contributed by atoms with van der Waals surface area (Å²) in [5.74, 6) is 0. The van der Waals surface area contributed by atoms with Crippen LogP contribution in [-0.4, -0.2) is 24.0 Å². The van der Waals surface area contributed by atoms with Crippen molar-refractivity contribution >= 4 is 11.1 Å². The SMILES string of the molecule is C=C/C(CCc1ccccc1)=C(\C)[C@@H](C)N1CC=C2C(C)(C)C(c3ccc(C(=C)C)cc3)=CC[C@]2(C)C1. The molecule has 1 heterocycles. The van der Waals surface area contributed by atoms with Gasteiger partial charge in [0.15, 0.2) is 0 Å². The fourth-order valence-electron chi connectivity index (χ4n) is 6.60. The first-order valence-electron chi connectivity index (χ1n) is 13.8. The van der Waals surface area contributed by atoms with E-state index in [1.807, 2.05) is 0 Å². The minimum Gasteiger partial charge on any atom is -0.292 e. The van der Waals surface area contributed by atoms with Gasteiger partial charge in [0, 0.05) is 30.0 Å². The van der Waals surface area contributed by atoms with Gasteiger partial charge in [-0.2, -0.15) is 0 Å². The molecule has 37 heavy (non-hydrogen) atoms. The second-order valence-electron chi connectivity index (χ2n) is 12.0. The molecule has 1 heteroatoms. The van der Waals surface area contributed by atoms with Crippen molar-refractivity contribution in [1.29, 1.82) is 0 Å². The van der Waals surface area contributed by atoms with Gasteiger partial charge in [0.2, 0.25) is 0 Å². The fraction of sp³-hybridized carbons (Fsp3) is 0.389. The Morgan fingerprint density at radius 3 is 2.30 bits per heavy atom. The quantitative estimate of drug-likeness (QED) is 0.263. The van der Waals surface area contributed by atoms with Crippen molar-refractivity contribution in [3.63, 3.8) is 0 Å². The van der Waals surface area contributed by atoms with Crippen molar-refractivity contribution in [2.24, 2.45) is 10.8 Å². The number of aryl methyl sites for hydroxylation is 1. The summed E-state index contributed by atoms with van der Waals surface area (Å²) in [7, 11) is 0. The highest BCUT2D eigenvalue weighted by Gasteiger charge is 2.46. The minimum atomic E-state index is 0.0138. The van der Waals surface area contributed by atoms with Gasteiger partial charge in [-0.05, 0) is 67.9 Å². The van der Waals surface area contributed by atoms with Crippen LogP contribution in [0.25, 0.3) is 11.1 Å². The van der Waals surface area contributed by atoms with Crippen molar-refractivity contribution in [3.05, 3.63) is 119 Å². The summed E-state index contributed by atoms with van der Waals surface area (Å²) in [5.41, 5.74) is 11.1. The molecule has 0 unspecified atom stereocenters. The third kappa shape index (κ3) is 5.53. The fourth-order valence-corrected chi connectivity index (χ4v) is 6.60. The molecule has 2 atom stereocenters. The molecule has 0 saturated carbocycles. The van der Waals surface area contributed by atoms with Gasteiger partial charge < -0.3 is 0 Å². The normalized spacial score (nSPS) is 22.8. The van der Waals surface area contributed by atoms with Crippen molar-refractivity contribution in [1.82, 2.24) is 4.90 Å². The van der Waals surface area contributed by atoms with Crippen LogP contribution in [-0.2, 0) is 6.42 Å². The maximum atomic E-state index is 4.17. The molecule has 1 aliphatic carbocycles. The van der Waals surface area contributed by atoms with E-state index in [0.29, 0.717) is 6.04 Å². The standard InChI is InChI=1S/C36H45N/c1-9-30(16-15-29-13-11-10-12-14-29)27(4)28(5)37-24-22-34-35(6,7)33(21-23-36(34,8)25-37)32-19-17-31(18-20-32)26(2)3/h9-14,17-22,28H,1-2,15-16,23-25H2,3-8H3/b30-27-/t28-,36-/m1/s1. The summed E-state index contributed by atoms with van der Waals surface area (Å²) in [6.07, 6.45) is 10.3. The monoisotopic (exact) mass is 491 g/mol. The molecule has 0 radical (unpaired) electrons. The molecular weight excluding hydrogens is 446 g/mol. The molecule has 0 fully saturated rings. The zero-order valence-electron chi connectivity index (χ0n) is 23.9. The van der Waals surface area contributed by atoms with Crippen molar-refractivity contribution in [3.8, 4) is 0 Å². The Morgan fingerprint density at radius 2 is 1.68 bits per heavy atom. The molecule has 0 amide bonds. The molecular formula is C36H45N. The second-order valence-corrected chi connectivity index (χ2v) is 12.0. The van der Waals surface area contributed by atoms with Gasteiger partial charge in [0.1, 0.15) is 0 Å².